The predicted octanol–water partition coefficient (Wildman–Crippen LogP) is 3.38. The molecule has 1 atom stereocenters. The van der Waals surface area contributed by atoms with E-state index in [1.807, 2.05) is 25.1 Å². The van der Waals surface area contributed by atoms with Gasteiger partial charge in [0, 0.05) is 10.5 Å². The highest BCUT2D eigenvalue weighted by Crippen LogP contribution is 2.23. The summed E-state index contributed by atoms with van der Waals surface area (Å²) in [5, 5.41) is 0.754. The van der Waals surface area contributed by atoms with Crippen LogP contribution in [-0.2, 0) is 6.42 Å². The molecule has 0 unspecified atom stereocenters. The first-order valence-electron chi connectivity index (χ1n) is 4.29. The van der Waals surface area contributed by atoms with E-state index in [2.05, 4.69) is 15.9 Å². The fourth-order valence-corrected chi connectivity index (χ4v) is 1.63. The maximum absolute atomic E-state index is 5.87. The molecule has 13 heavy (non-hydrogen) atoms. The molecule has 1 aromatic carbocycles. The fourth-order valence-electron chi connectivity index (χ4n) is 1.09. The molecule has 0 amide bonds. The summed E-state index contributed by atoms with van der Waals surface area (Å²) in [6, 6.07) is 6.25. The van der Waals surface area contributed by atoms with Crippen molar-refractivity contribution in [3.63, 3.8) is 0 Å². The van der Waals surface area contributed by atoms with E-state index in [0.29, 0.717) is 0 Å². The molecule has 1 rings (SSSR count). The van der Waals surface area contributed by atoms with Crippen LogP contribution in [0.1, 0.15) is 18.9 Å². The Labute approximate surface area is 92.4 Å². The summed E-state index contributed by atoms with van der Waals surface area (Å²) in [5.74, 6) is 0. The first-order chi connectivity index (χ1) is 6.09. The zero-order valence-electron chi connectivity index (χ0n) is 7.56. The van der Waals surface area contributed by atoms with Crippen LogP contribution >= 0.6 is 27.5 Å². The average Bonchev–Trinajstić information content (AvgIpc) is 2.07. The normalized spacial score (nSPS) is 12.9. The molecule has 0 aromatic heterocycles. The molecule has 72 valence electrons. The Hall–Kier alpha value is -0.0500. The largest absolute Gasteiger partial charge is 0.328 e. The highest BCUT2D eigenvalue weighted by molar-refractivity contribution is 9.10. The zero-order valence-corrected chi connectivity index (χ0v) is 9.90. The van der Waals surface area contributed by atoms with Crippen molar-refractivity contribution < 1.29 is 0 Å². The first-order valence-corrected chi connectivity index (χ1v) is 5.46. The van der Waals surface area contributed by atoms with Crippen molar-refractivity contribution in [2.45, 2.75) is 25.8 Å². The Kier molecular flexibility index (Phi) is 4.23. The van der Waals surface area contributed by atoms with Gasteiger partial charge in [0.2, 0.25) is 0 Å². The third kappa shape index (κ3) is 3.67. The molecule has 0 saturated carbocycles. The van der Waals surface area contributed by atoms with Crippen LogP contribution in [0.3, 0.4) is 0 Å². The molecule has 0 bridgehead atoms. The molecule has 0 aliphatic heterocycles. The second-order valence-electron chi connectivity index (χ2n) is 3.26. The number of aryl methyl sites for hydroxylation is 1. The number of rotatable bonds is 3. The molecule has 1 aromatic rings. The van der Waals surface area contributed by atoms with Crippen LogP contribution in [0.5, 0.6) is 0 Å². The van der Waals surface area contributed by atoms with E-state index < -0.39 is 0 Å². The quantitative estimate of drug-likeness (QED) is 0.888. The monoisotopic (exact) mass is 261 g/mol. The Balaban J connectivity index is 2.63. The molecular weight excluding hydrogens is 249 g/mol. The van der Waals surface area contributed by atoms with Gasteiger partial charge in [-0.15, -0.1) is 0 Å². The van der Waals surface area contributed by atoms with E-state index in [4.69, 9.17) is 17.3 Å². The van der Waals surface area contributed by atoms with Crippen molar-refractivity contribution in [2.24, 2.45) is 5.73 Å². The van der Waals surface area contributed by atoms with Gasteiger partial charge in [-0.3, -0.25) is 0 Å². The Morgan fingerprint density at radius 1 is 1.54 bits per heavy atom. The van der Waals surface area contributed by atoms with Gasteiger partial charge >= 0.3 is 0 Å². The van der Waals surface area contributed by atoms with Gasteiger partial charge in [-0.2, -0.15) is 0 Å². The van der Waals surface area contributed by atoms with Crippen molar-refractivity contribution in [1.29, 1.82) is 0 Å². The molecule has 0 aliphatic carbocycles. The maximum Gasteiger partial charge on any atom is 0.0548 e. The lowest BCUT2D eigenvalue weighted by molar-refractivity contribution is 0.666. The van der Waals surface area contributed by atoms with E-state index in [1.54, 1.807) is 0 Å². The molecule has 2 N–H and O–H groups in total. The van der Waals surface area contributed by atoms with Crippen molar-refractivity contribution >= 4 is 27.5 Å². The molecule has 0 heterocycles. The van der Waals surface area contributed by atoms with Gasteiger partial charge in [0.1, 0.15) is 0 Å². The van der Waals surface area contributed by atoms with E-state index >= 15 is 0 Å². The molecule has 0 aliphatic rings. The van der Waals surface area contributed by atoms with Crippen molar-refractivity contribution in [2.75, 3.05) is 0 Å². The van der Waals surface area contributed by atoms with Gasteiger partial charge in [0.05, 0.1) is 5.02 Å². The van der Waals surface area contributed by atoms with Gasteiger partial charge in [0.25, 0.3) is 0 Å². The summed E-state index contributed by atoms with van der Waals surface area (Å²) < 4.78 is 0.955. The maximum atomic E-state index is 5.87. The van der Waals surface area contributed by atoms with E-state index in [1.165, 1.54) is 5.56 Å². The second-order valence-corrected chi connectivity index (χ2v) is 4.53. The van der Waals surface area contributed by atoms with Crippen molar-refractivity contribution in [3.05, 3.63) is 33.3 Å². The fraction of sp³-hybridized carbons (Fsp3) is 0.400. The lowest BCUT2D eigenvalue weighted by atomic mass is 10.1. The molecule has 0 radical (unpaired) electrons. The van der Waals surface area contributed by atoms with Crippen LogP contribution in [0, 0.1) is 0 Å². The molecular formula is C10H13BrClN. The summed E-state index contributed by atoms with van der Waals surface area (Å²) in [5.41, 5.74) is 6.94. The number of hydrogen-bond donors (Lipinski definition) is 1. The average molecular weight is 263 g/mol. The minimum absolute atomic E-state index is 0.259. The van der Waals surface area contributed by atoms with Gasteiger partial charge in [-0.1, -0.05) is 17.7 Å². The van der Waals surface area contributed by atoms with Crippen molar-refractivity contribution in [3.8, 4) is 0 Å². The minimum atomic E-state index is 0.259. The molecule has 0 saturated heterocycles. The Morgan fingerprint density at radius 2 is 2.23 bits per heavy atom. The summed E-state index contributed by atoms with van der Waals surface area (Å²) in [4.78, 5) is 0. The highest BCUT2D eigenvalue weighted by Gasteiger charge is 2.00. The predicted molar refractivity (Wildman–Crippen MR) is 61.1 cm³/mol. The molecule has 0 spiro atoms. The summed E-state index contributed by atoms with van der Waals surface area (Å²) >= 11 is 9.26. The molecule has 0 fully saturated rings. The highest BCUT2D eigenvalue weighted by atomic mass is 79.9. The van der Waals surface area contributed by atoms with Gasteiger partial charge in [-0.25, -0.2) is 0 Å². The minimum Gasteiger partial charge on any atom is -0.328 e. The number of halogens is 2. The molecule has 3 heteroatoms. The van der Waals surface area contributed by atoms with Gasteiger partial charge in [0.15, 0.2) is 0 Å². The first kappa shape index (κ1) is 11.0. The van der Waals surface area contributed by atoms with Crippen LogP contribution in [-0.4, -0.2) is 6.04 Å². The third-order valence-corrected chi connectivity index (χ3v) is 3.09. The standard InChI is InChI=1S/C10H13BrClN/c1-7(13)2-3-8-4-5-10(12)9(11)6-8/h4-7H,2-3,13H2,1H3/t7-/m0/s1. The smallest absolute Gasteiger partial charge is 0.0548 e. The van der Waals surface area contributed by atoms with E-state index in [-0.39, 0.29) is 6.04 Å². The van der Waals surface area contributed by atoms with Crippen LogP contribution in [0.2, 0.25) is 5.02 Å². The van der Waals surface area contributed by atoms with Crippen LogP contribution in [0.4, 0.5) is 0 Å². The van der Waals surface area contributed by atoms with Crippen LogP contribution < -0.4 is 5.73 Å². The van der Waals surface area contributed by atoms with Gasteiger partial charge < -0.3 is 5.73 Å². The third-order valence-electron chi connectivity index (χ3n) is 1.87. The number of hydrogen-bond acceptors (Lipinski definition) is 1. The van der Waals surface area contributed by atoms with Gasteiger partial charge in [-0.05, 0) is 53.4 Å². The Bertz CT molecular complexity index is 286. The van der Waals surface area contributed by atoms with Crippen molar-refractivity contribution in [1.82, 2.24) is 0 Å². The topological polar surface area (TPSA) is 26.0 Å². The lowest BCUT2D eigenvalue weighted by Crippen LogP contribution is -2.15. The zero-order chi connectivity index (χ0) is 9.84. The number of benzene rings is 1. The Morgan fingerprint density at radius 3 is 2.77 bits per heavy atom. The molecule has 1 nitrogen and oxygen atoms in total. The second kappa shape index (κ2) is 4.99. The summed E-state index contributed by atoms with van der Waals surface area (Å²) in [7, 11) is 0. The summed E-state index contributed by atoms with van der Waals surface area (Å²) in [6.45, 7) is 2.02. The van der Waals surface area contributed by atoms with E-state index in [0.717, 1.165) is 22.3 Å². The summed E-state index contributed by atoms with van der Waals surface area (Å²) in [6.07, 6.45) is 2.02. The van der Waals surface area contributed by atoms with Crippen LogP contribution in [0.15, 0.2) is 22.7 Å². The lowest BCUT2D eigenvalue weighted by Gasteiger charge is -2.05. The SMILES string of the molecule is C[C@H](N)CCc1ccc(Cl)c(Br)c1. The van der Waals surface area contributed by atoms with E-state index in [9.17, 15) is 0 Å². The number of nitrogens with two attached hydrogens (primary N) is 1. The van der Waals surface area contributed by atoms with Crippen LogP contribution in [0.25, 0.3) is 0 Å².